The third-order valence-electron chi connectivity index (χ3n) is 5.84. The maximum atomic E-state index is 12.7. The van der Waals surface area contributed by atoms with Crippen LogP contribution in [0.25, 0.3) is 0 Å². The van der Waals surface area contributed by atoms with Gasteiger partial charge in [-0.3, -0.25) is 0 Å². The molecule has 1 aromatic rings. The number of rotatable bonds is 1. The van der Waals surface area contributed by atoms with E-state index < -0.39 is 11.2 Å². The molecule has 3 heterocycles. The van der Waals surface area contributed by atoms with E-state index in [9.17, 15) is 9.90 Å². The molecule has 1 aromatic carbocycles. The molecule has 142 valence electrons. The molecular weight excluding hydrogens is 330 g/mol. The van der Waals surface area contributed by atoms with Gasteiger partial charge < -0.3 is 19.5 Å². The summed E-state index contributed by atoms with van der Waals surface area (Å²) in [5, 5.41) is 11.5. The maximum absolute atomic E-state index is 12.7. The number of ether oxygens (including phenoxy) is 2. The molecule has 0 saturated carbocycles. The zero-order valence-electron chi connectivity index (χ0n) is 16.0. The molecule has 0 aromatic heterocycles. The summed E-state index contributed by atoms with van der Waals surface area (Å²) in [5.41, 5.74) is 0.753. The Morgan fingerprint density at radius 3 is 2.62 bits per heavy atom. The monoisotopic (exact) mass is 359 g/mol. The van der Waals surface area contributed by atoms with Gasteiger partial charge in [0, 0.05) is 31.3 Å². The average Bonchev–Trinajstić information content (AvgIpc) is 2.99. The van der Waals surface area contributed by atoms with Crippen LogP contribution < -0.4 is 4.74 Å². The van der Waals surface area contributed by atoms with Crippen LogP contribution in [-0.2, 0) is 16.8 Å². The summed E-state index contributed by atoms with van der Waals surface area (Å²) < 4.78 is 11.2. The fourth-order valence-corrected chi connectivity index (χ4v) is 4.75. The highest BCUT2D eigenvalue weighted by molar-refractivity contribution is 5.69. The number of nitrogens with zero attached hydrogens (tertiary/aromatic N) is 1. The van der Waals surface area contributed by atoms with Gasteiger partial charge in [0.1, 0.15) is 11.4 Å². The number of hydrogen-bond acceptors (Lipinski definition) is 4. The Hall–Kier alpha value is -1.75. The number of aliphatic hydroxyl groups is 1. The van der Waals surface area contributed by atoms with Gasteiger partial charge in [-0.05, 0) is 63.3 Å². The zero-order chi connectivity index (χ0) is 18.5. The third kappa shape index (κ3) is 3.18. The molecule has 2 unspecified atom stereocenters. The standard InChI is InChI=1S/C21H29NO4/c1-20(2,3)26-19(23)22-16-5-4-6-17(22)13-21(24,12-16)15-7-8-18-14(11-15)9-10-25-18/h7-8,11,16-17,24H,4-6,9-10,12-13H2,1-3H3. The Kier molecular flexibility index (Phi) is 4.18. The van der Waals surface area contributed by atoms with E-state index in [4.69, 9.17) is 9.47 Å². The van der Waals surface area contributed by atoms with E-state index in [1.54, 1.807) is 0 Å². The van der Waals surface area contributed by atoms with Crippen LogP contribution in [0.5, 0.6) is 5.75 Å². The van der Waals surface area contributed by atoms with Gasteiger partial charge in [-0.1, -0.05) is 6.07 Å². The number of hydrogen-bond donors (Lipinski definition) is 1. The quantitative estimate of drug-likeness (QED) is 0.829. The van der Waals surface area contributed by atoms with Crippen LogP contribution in [0.1, 0.15) is 64.0 Å². The van der Waals surface area contributed by atoms with Gasteiger partial charge in [0.25, 0.3) is 0 Å². The van der Waals surface area contributed by atoms with Crippen molar-refractivity contribution < 1.29 is 19.4 Å². The van der Waals surface area contributed by atoms with Crippen LogP contribution >= 0.6 is 0 Å². The van der Waals surface area contributed by atoms with Crippen LogP contribution in [0.4, 0.5) is 4.79 Å². The Morgan fingerprint density at radius 2 is 1.96 bits per heavy atom. The Labute approximate surface area is 155 Å². The predicted molar refractivity (Wildman–Crippen MR) is 98.3 cm³/mol. The normalized spacial score (nSPS) is 30.5. The predicted octanol–water partition coefficient (Wildman–Crippen LogP) is 3.76. The van der Waals surface area contributed by atoms with E-state index in [0.717, 1.165) is 43.6 Å². The molecule has 26 heavy (non-hydrogen) atoms. The lowest BCUT2D eigenvalue weighted by Crippen LogP contribution is -2.59. The zero-order valence-corrected chi connectivity index (χ0v) is 16.0. The van der Waals surface area contributed by atoms with E-state index in [-0.39, 0.29) is 18.2 Å². The third-order valence-corrected chi connectivity index (χ3v) is 5.84. The van der Waals surface area contributed by atoms with E-state index in [2.05, 4.69) is 6.07 Å². The fraction of sp³-hybridized carbons (Fsp3) is 0.667. The highest BCUT2D eigenvalue weighted by Gasteiger charge is 2.49. The number of carbonyl (C=O) groups is 1. The van der Waals surface area contributed by atoms with Crippen LogP contribution in [0.2, 0.25) is 0 Å². The Bertz CT molecular complexity index is 694. The summed E-state index contributed by atoms with van der Waals surface area (Å²) in [5.74, 6) is 0.934. The summed E-state index contributed by atoms with van der Waals surface area (Å²) in [7, 11) is 0. The van der Waals surface area contributed by atoms with Gasteiger partial charge in [-0.2, -0.15) is 0 Å². The molecular formula is C21H29NO4. The van der Waals surface area contributed by atoms with Gasteiger partial charge in [0.2, 0.25) is 0 Å². The maximum Gasteiger partial charge on any atom is 0.410 e. The largest absolute Gasteiger partial charge is 0.493 e. The van der Waals surface area contributed by atoms with E-state index in [0.29, 0.717) is 12.8 Å². The van der Waals surface area contributed by atoms with Crippen molar-refractivity contribution in [2.45, 2.75) is 82.6 Å². The first-order chi connectivity index (χ1) is 12.3. The molecule has 1 N–H and O–H groups in total. The highest BCUT2D eigenvalue weighted by Crippen LogP contribution is 2.45. The molecule has 2 saturated heterocycles. The van der Waals surface area contributed by atoms with Gasteiger partial charge in [-0.25, -0.2) is 4.79 Å². The van der Waals surface area contributed by atoms with Crippen LogP contribution in [0.3, 0.4) is 0 Å². The van der Waals surface area contributed by atoms with E-state index in [1.807, 2.05) is 37.8 Å². The molecule has 2 bridgehead atoms. The molecule has 3 aliphatic heterocycles. The number of benzene rings is 1. The van der Waals surface area contributed by atoms with E-state index in [1.165, 1.54) is 5.56 Å². The molecule has 2 fully saturated rings. The van der Waals surface area contributed by atoms with Crippen LogP contribution in [0, 0.1) is 0 Å². The number of piperidine rings is 2. The minimum Gasteiger partial charge on any atom is -0.493 e. The molecule has 5 heteroatoms. The lowest BCUT2D eigenvalue weighted by molar-refractivity contribution is -0.0965. The van der Waals surface area contributed by atoms with Crippen molar-refractivity contribution in [2.24, 2.45) is 0 Å². The topological polar surface area (TPSA) is 59.0 Å². The summed E-state index contributed by atoms with van der Waals surface area (Å²) >= 11 is 0. The second kappa shape index (κ2) is 6.15. The van der Waals surface area contributed by atoms with Crippen molar-refractivity contribution >= 4 is 6.09 Å². The molecule has 0 spiro atoms. The Balaban J connectivity index is 1.58. The summed E-state index contributed by atoms with van der Waals surface area (Å²) in [6.45, 7) is 6.41. The molecule has 0 aliphatic carbocycles. The molecule has 3 aliphatic rings. The van der Waals surface area contributed by atoms with Gasteiger partial charge in [-0.15, -0.1) is 0 Å². The van der Waals surface area contributed by atoms with Gasteiger partial charge in [0.05, 0.1) is 12.2 Å². The summed E-state index contributed by atoms with van der Waals surface area (Å²) in [6.07, 6.45) is 4.75. The van der Waals surface area contributed by atoms with Crippen LogP contribution in [0.15, 0.2) is 18.2 Å². The smallest absolute Gasteiger partial charge is 0.410 e. The van der Waals surface area contributed by atoms with E-state index >= 15 is 0 Å². The fourth-order valence-electron chi connectivity index (χ4n) is 4.75. The summed E-state index contributed by atoms with van der Waals surface area (Å²) in [4.78, 5) is 14.6. The van der Waals surface area contributed by atoms with Crippen molar-refractivity contribution in [3.05, 3.63) is 29.3 Å². The van der Waals surface area contributed by atoms with Crippen molar-refractivity contribution in [1.29, 1.82) is 0 Å². The van der Waals surface area contributed by atoms with Gasteiger partial charge in [0.15, 0.2) is 0 Å². The van der Waals surface area contributed by atoms with Gasteiger partial charge >= 0.3 is 6.09 Å². The molecule has 0 radical (unpaired) electrons. The van der Waals surface area contributed by atoms with Crippen LogP contribution in [-0.4, -0.2) is 40.4 Å². The number of carbonyl (C=O) groups excluding carboxylic acids is 1. The van der Waals surface area contributed by atoms with Crippen molar-refractivity contribution in [3.8, 4) is 5.75 Å². The first-order valence-corrected chi connectivity index (χ1v) is 9.75. The molecule has 5 nitrogen and oxygen atoms in total. The number of fused-ring (bicyclic) bond motifs is 3. The summed E-state index contributed by atoms with van der Waals surface area (Å²) in [6, 6.07) is 6.13. The first kappa shape index (κ1) is 17.7. The number of amides is 1. The lowest BCUT2D eigenvalue weighted by Gasteiger charge is -2.52. The van der Waals surface area contributed by atoms with Crippen molar-refractivity contribution in [3.63, 3.8) is 0 Å². The second-order valence-electron chi connectivity index (χ2n) is 8.99. The van der Waals surface area contributed by atoms with Crippen molar-refractivity contribution in [1.82, 2.24) is 4.90 Å². The highest BCUT2D eigenvalue weighted by atomic mass is 16.6. The van der Waals surface area contributed by atoms with Crippen molar-refractivity contribution in [2.75, 3.05) is 6.61 Å². The minimum atomic E-state index is -0.883. The SMILES string of the molecule is CC(C)(C)OC(=O)N1C2CCCC1CC(O)(c1ccc3c(c1)CCO3)C2. The first-order valence-electron chi connectivity index (χ1n) is 9.75. The molecule has 1 amide bonds. The Morgan fingerprint density at radius 1 is 1.27 bits per heavy atom. The molecule has 4 rings (SSSR count). The minimum absolute atomic E-state index is 0.0341. The second-order valence-corrected chi connectivity index (χ2v) is 8.99. The lowest BCUT2D eigenvalue weighted by atomic mass is 9.72. The average molecular weight is 359 g/mol. The molecule has 2 atom stereocenters.